The summed E-state index contributed by atoms with van der Waals surface area (Å²) >= 11 is 0. The van der Waals surface area contributed by atoms with Gasteiger partial charge in [0.25, 0.3) is 10.1 Å². The van der Waals surface area contributed by atoms with Gasteiger partial charge in [0.05, 0.1) is 18.2 Å². The molecule has 1 aromatic rings. The number of benzene rings is 1. The SMILES string of the molecule is Cc1ccc(S(=O)(=O)OCCCCF)cc1. The lowest BCUT2D eigenvalue weighted by Crippen LogP contribution is -2.07. The number of rotatable bonds is 6. The van der Waals surface area contributed by atoms with Crippen molar-refractivity contribution < 1.29 is 17.0 Å². The third kappa shape index (κ3) is 3.90. The van der Waals surface area contributed by atoms with E-state index in [0.717, 1.165) is 5.56 Å². The van der Waals surface area contributed by atoms with Crippen LogP contribution in [0.2, 0.25) is 0 Å². The van der Waals surface area contributed by atoms with Crippen LogP contribution in [0.25, 0.3) is 0 Å². The molecule has 1 aromatic carbocycles. The molecule has 0 saturated heterocycles. The van der Waals surface area contributed by atoms with Crippen molar-refractivity contribution in [2.24, 2.45) is 0 Å². The summed E-state index contributed by atoms with van der Waals surface area (Å²) in [5.74, 6) is 0. The molecule has 90 valence electrons. The Bertz CT molecular complexity index is 411. The standard InChI is InChI=1S/C11H15FO3S/c1-10-4-6-11(7-5-10)16(13,14)15-9-3-2-8-12/h4-7H,2-3,8-9H2,1H3. The predicted molar refractivity (Wildman–Crippen MR) is 59.5 cm³/mol. The highest BCUT2D eigenvalue weighted by Gasteiger charge is 2.13. The van der Waals surface area contributed by atoms with E-state index in [4.69, 9.17) is 4.18 Å². The fourth-order valence-electron chi connectivity index (χ4n) is 1.14. The Labute approximate surface area is 95.4 Å². The van der Waals surface area contributed by atoms with E-state index < -0.39 is 16.8 Å². The maximum absolute atomic E-state index is 11.8. The summed E-state index contributed by atoms with van der Waals surface area (Å²) < 4.78 is 39.7. The molecule has 3 nitrogen and oxygen atoms in total. The average molecular weight is 246 g/mol. The monoisotopic (exact) mass is 246 g/mol. The summed E-state index contributed by atoms with van der Waals surface area (Å²) in [7, 11) is -3.68. The van der Waals surface area contributed by atoms with Gasteiger partial charge in [-0.15, -0.1) is 0 Å². The first-order valence-corrected chi connectivity index (χ1v) is 6.49. The lowest BCUT2D eigenvalue weighted by Gasteiger charge is -2.05. The van der Waals surface area contributed by atoms with E-state index >= 15 is 0 Å². The van der Waals surface area contributed by atoms with Gasteiger partial charge in [-0.3, -0.25) is 8.57 Å². The summed E-state index contributed by atoms with van der Waals surface area (Å²) in [5.41, 5.74) is 0.983. The van der Waals surface area contributed by atoms with Crippen molar-refractivity contribution >= 4 is 10.1 Å². The Morgan fingerprint density at radius 3 is 2.38 bits per heavy atom. The van der Waals surface area contributed by atoms with Crippen molar-refractivity contribution in [1.29, 1.82) is 0 Å². The minimum Gasteiger partial charge on any atom is -0.266 e. The van der Waals surface area contributed by atoms with E-state index in [-0.39, 0.29) is 11.5 Å². The van der Waals surface area contributed by atoms with Crippen LogP contribution >= 0.6 is 0 Å². The van der Waals surface area contributed by atoms with E-state index in [1.54, 1.807) is 12.1 Å². The summed E-state index contributed by atoms with van der Waals surface area (Å²) in [6.07, 6.45) is 0.727. The molecule has 0 atom stereocenters. The van der Waals surface area contributed by atoms with Crippen LogP contribution in [0.4, 0.5) is 4.39 Å². The van der Waals surface area contributed by atoms with Crippen molar-refractivity contribution in [2.75, 3.05) is 13.3 Å². The van der Waals surface area contributed by atoms with E-state index in [9.17, 15) is 12.8 Å². The van der Waals surface area contributed by atoms with Gasteiger partial charge in [0.2, 0.25) is 0 Å². The Morgan fingerprint density at radius 1 is 1.19 bits per heavy atom. The Hall–Kier alpha value is -0.940. The van der Waals surface area contributed by atoms with Gasteiger partial charge in [0.15, 0.2) is 0 Å². The minimum atomic E-state index is -3.68. The van der Waals surface area contributed by atoms with Gasteiger partial charge < -0.3 is 0 Å². The number of hydrogen-bond acceptors (Lipinski definition) is 3. The van der Waals surface area contributed by atoms with Gasteiger partial charge in [0.1, 0.15) is 0 Å². The highest BCUT2D eigenvalue weighted by atomic mass is 32.2. The molecule has 0 aliphatic carbocycles. The molecule has 0 aliphatic heterocycles. The first-order chi connectivity index (χ1) is 7.56. The molecule has 0 aromatic heterocycles. The second-order valence-electron chi connectivity index (χ2n) is 3.49. The molecular weight excluding hydrogens is 231 g/mol. The lowest BCUT2D eigenvalue weighted by molar-refractivity contribution is 0.299. The molecule has 0 fully saturated rings. The van der Waals surface area contributed by atoms with Crippen molar-refractivity contribution in [2.45, 2.75) is 24.7 Å². The van der Waals surface area contributed by atoms with Crippen molar-refractivity contribution in [3.63, 3.8) is 0 Å². The molecule has 0 amide bonds. The van der Waals surface area contributed by atoms with E-state index in [2.05, 4.69) is 0 Å². The molecule has 0 N–H and O–H groups in total. The van der Waals surface area contributed by atoms with Crippen LogP contribution in [0.15, 0.2) is 29.2 Å². The molecule has 0 heterocycles. The van der Waals surface area contributed by atoms with Crippen molar-refractivity contribution in [3.05, 3.63) is 29.8 Å². The van der Waals surface area contributed by atoms with Crippen LogP contribution in [0.3, 0.4) is 0 Å². The van der Waals surface area contributed by atoms with Crippen LogP contribution in [-0.2, 0) is 14.3 Å². The van der Waals surface area contributed by atoms with E-state index in [1.165, 1.54) is 12.1 Å². The molecule has 0 radical (unpaired) electrons. The topological polar surface area (TPSA) is 43.4 Å². The fraction of sp³-hybridized carbons (Fsp3) is 0.455. The molecule has 0 bridgehead atoms. The van der Waals surface area contributed by atoms with Gasteiger partial charge in [-0.1, -0.05) is 17.7 Å². The highest BCUT2D eigenvalue weighted by molar-refractivity contribution is 7.86. The molecule has 1 rings (SSSR count). The van der Waals surface area contributed by atoms with E-state index in [0.29, 0.717) is 12.8 Å². The normalized spacial score (nSPS) is 11.6. The molecule has 5 heteroatoms. The summed E-state index contributed by atoms with van der Waals surface area (Å²) in [4.78, 5) is 0.137. The Kier molecular flexibility index (Phi) is 4.89. The molecule has 0 aliphatic rings. The number of alkyl halides is 1. The van der Waals surface area contributed by atoms with Crippen LogP contribution in [0, 0.1) is 6.92 Å². The minimum absolute atomic E-state index is 0.0279. The zero-order chi connectivity index (χ0) is 12.0. The van der Waals surface area contributed by atoms with Crippen LogP contribution in [0.1, 0.15) is 18.4 Å². The number of halogens is 1. The Morgan fingerprint density at radius 2 is 1.81 bits per heavy atom. The fourth-order valence-corrected chi connectivity index (χ4v) is 2.08. The van der Waals surface area contributed by atoms with Gasteiger partial charge >= 0.3 is 0 Å². The molecule has 0 saturated carbocycles. The third-order valence-electron chi connectivity index (χ3n) is 2.08. The quantitative estimate of drug-likeness (QED) is 0.572. The number of aryl methyl sites for hydroxylation is 1. The first kappa shape index (κ1) is 13.1. The maximum atomic E-state index is 11.8. The number of hydrogen-bond donors (Lipinski definition) is 0. The average Bonchev–Trinajstić information content (AvgIpc) is 2.25. The Balaban J connectivity index is 2.60. The van der Waals surface area contributed by atoms with Crippen LogP contribution in [0.5, 0.6) is 0 Å². The zero-order valence-electron chi connectivity index (χ0n) is 9.15. The largest absolute Gasteiger partial charge is 0.296 e. The van der Waals surface area contributed by atoms with Gasteiger partial charge in [-0.05, 0) is 31.9 Å². The van der Waals surface area contributed by atoms with E-state index in [1.807, 2.05) is 6.92 Å². The second-order valence-corrected chi connectivity index (χ2v) is 5.10. The van der Waals surface area contributed by atoms with Crippen molar-refractivity contribution in [1.82, 2.24) is 0 Å². The van der Waals surface area contributed by atoms with Gasteiger partial charge in [-0.2, -0.15) is 8.42 Å². The third-order valence-corrected chi connectivity index (χ3v) is 3.40. The highest BCUT2D eigenvalue weighted by Crippen LogP contribution is 2.13. The zero-order valence-corrected chi connectivity index (χ0v) is 9.97. The molecule has 0 unspecified atom stereocenters. The molecular formula is C11H15FO3S. The summed E-state index contributed by atoms with van der Waals surface area (Å²) in [6, 6.07) is 6.41. The van der Waals surface area contributed by atoms with Crippen LogP contribution < -0.4 is 0 Å². The number of unbranched alkanes of at least 4 members (excludes halogenated alkanes) is 1. The molecule has 0 spiro atoms. The summed E-state index contributed by atoms with van der Waals surface area (Å²) in [5, 5.41) is 0. The van der Waals surface area contributed by atoms with Gasteiger partial charge in [-0.25, -0.2) is 0 Å². The smallest absolute Gasteiger partial charge is 0.266 e. The predicted octanol–water partition coefficient (Wildman–Crippen LogP) is 2.45. The first-order valence-electron chi connectivity index (χ1n) is 5.08. The second kappa shape index (κ2) is 5.96. The lowest BCUT2D eigenvalue weighted by atomic mass is 10.2. The molecule has 16 heavy (non-hydrogen) atoms. The summed E-state index contributed by atoms with van der Waals surface area (Å²) in [6.45, 7) is 1.45. The maximum Gasteiger partial charge on any atom is 0.296 e. The van der Waals surface area contributed by atoms with Crippen LogP contribution in [-0.4, -0.2) is 21.7 Å². The van der Waals surface area contributed by atoms with Gasteiger partial charge in [0, 0.05) is 0 Å². The van der Waals surface area contributed by atoms with Crippen molar-refractivity contribution in [3.8, 4) is 0 Å².